The van der Waals surface area contributed by atoms with E-state index in [2.05, 4.69) is 30.2 Å². The van der Waals surface area contributed by atoms with Crippen LogP contribution in [0.15, 0.2) is 89.1 Å². The Hall–Kier alpha value is -5.40. The molecule has 2 N–H and O–H groups in total. The minimum Gasteiger partial charge on any atom is -0.361 e. The fourth-order valence-electron chi connectivity index (χ4n) is 4.80. The number of benzene rings is 2. The molecule has 6 rings (SSSR count). The normalized spacial score (nSPS) is 11.8. The first-order valence-corrected chi connectivity index (χ1v) is 12.6. The highest BCUT2D eigenvalue weighted by atomic mass is 35.5. The van der Waals surface area contributed by atoms with Gasteiger partial charge in [0.05, 0.1) is 22.1 Å². The van der Waals surface area contributed by atoms with Crippen LogP contribution >= 0.6 is 11.6 Å². The molecule has 0 aliphatic rings. The molecule has 0 radical (unpaired) electrons. The minimum atomic E-state index is -0.565. The van der Waals surface area contributed by atoms with Crippen LogP contribution in [-0.2, 0) is 0 Å². The molecule has 11 heteroatoms. The Morgan fingerprint density at radius 1 is 0.975 bits per heavy atom. The number of H-pyrrole nitrogens is 1. The molecule has 0 spiro atoms. The van der Waals surface area contributed by atoms with E-state index >= 15 is 0 Å². The Morgan fingerprint density at radius 3 is 2.50 bits per heavy atom. The standard InChI is InChI=1S/C29H19ClN8O2/c1-16(37-28-24-21(39)10-11-32-27(24)35-15-36-28)26-25(30)20-9-5-8-19(17-13-33-22(12-31)34-14-17)23(20)29(40)38(26)18-6-3-2-4-7-18/h2-11,13-16H,1H3,(H2,32,35,36,37,39). The van der Waals surface area contributed by atoms with Crippen LogP contribution in [0, 0.1) is 11.3 Å². The zero-order chi connectivity index (χ0) is 27.8. The Morgan fingerprint density at radius 2 is 1.75 bits per heavy atom. The zero-order valence-electron chi connectivity index (χ0n) is 21.0. The van der Waals surface area contributed by atoms with Gasteiger partial charge >= 0.3 is 0 Å². The van der Waals surface area contributed by atoms with Gasteiger partial charge in [-0.2, -0.15) is 5.26 Å². The van der Waals surface area contributed by atoms with E-state index in [1.165, 1.54) is 31.0 Å². The second kappa shape index (κ2) is 10.1. The van der Waals surface area contributed by atoms with E-state index in [0.717, 1.165) is 0 Å². The number of aromatic nitrogens is 6. The lowest BCUT2D eigenvalue weighted by molar-refractivity contribution is 0.774. The molecule has 4 aromatic heterocycles. The van der Waals surface area contributed by atoms with Crippen molar-refractivity contribution in [3.05, 3.63) is 117 Å². The number of nitrogens with zero attached hydrogens (tertiary/aromatic N) is 6. The number of nitrogens with one attached hydrogen (secondary N) is 2. The lowest BCUT2D eigenvalue weighted by Crippen LogP contribution is -2.27. The van der Waals surface area contributed by atoms with Gasteiger partial charge in [-0.1, -0.05) is 48.0 Å². The average Bonchev–Trinajstić information content (AvgIpc) is 2.99. The third-order valence-corrected chi connectivity index (χ3v) is 6.97. The van der Waals surface area contributed by atoms with E-state index in [9.17, 15) is 9.59 Å². The molecule has 1 atom stereocenters. The van der Waals surface area contributed by atoms with Gasteiger partial charge in [-0.05, 0) is 24.6 Å². The van der Waals surface area contributed by atoms with Gasteiger partial charge < -0.3 is 10.3 Å². The number of nitriles is 1. The molecule has 40 heavy (non-hydrogen) atoms. The third kappa shape index (κ3) is 4.15. The van der Waals surface area contributed by atoms with Crippen molar-refractivity contribution < 1.29 is 0 Å². The van der Waals surface area contributed by atoms with Gasteiger partial charge in [0.15, 0.2) is 5.43 Å². The molecule has 0 aliphatic heterocycles. The lowest BCUT2D eigenvalue weighted by atomic mass is 9.99. The average molecular weight is 547 g/mol. The first kappa shape index (κ1) is 24.9. The molecule has 0 amide bonds. The van der Waals surface area contributed by atoms with Gasteiger partial charge in [-0.3, -0.25) is 14.2 Å². The van der Waals surface area contributed by atoms with Crippen LogP contribution in [0.4, 0.5) is 5.82 Å². The molecular formula is C29H19ClN8O2. The second-order valence-corrected chi connectivity index (χ2v) is 9.34. The molecule has 2 aromatic carbocycles. The molecule has 0 bridgehead atoms. The van der Waals surface area contributed by atoms with E-state index in [1.54, 1.807) is 22.8 Å². The summed E-state index contributed by atoms with van der Waals surface area (Å²) in [5, 5.41) is 13.9. The van der Waals surface area contributed by atoms with Crippen molar-refractivity contribution in [1.82, 2.24) is 29.5 Å². The summed E-state index contributed by atoms with van der Waals surface area (Å²) in [6, 6.07) is 17.3. The van der Waals surface area contributed by atoms with Gasteiger partial charge in [-0.15, -0.1) is 0 Å². The van der Waals surface area contributed by atoms with Crippen molar-refractivity contribution in [2.45, 2.75) is 13.0 Å². The molecule has 10 nitrogen and oxygen atoms in total. The van der Waals surface area contributed by atoms with Crippen molar-refractivity contribution in [2.75, 3.05) is 5.32 Å². The van der Waals surface area contributed by atoms with Crippen molar-refractivity contribution in [3.8, 4) is 22.9 Å². The van der Waals surface area contributed by atoms with Gasteiger partial charge in [-0.25, -0.2) is 19.9 Å². The first-order chi connectivity index (χ1) is 19.5. The van der Waals surface area contributed by atoms with Crippen molar-refractivity contribution in [2.24, 2.45) is 0 Å². The van der Waals surface area contributed by atoms with Crippen LogP contribution < -0.4 is 16.3 Å². The number of pyridine rings is 2. The van der Waals surface area contributed by atoms with Crippen molar-refractivity contribution in [1.29, 1.82) is 5.26 Å². The molecule has 4 heterocycles. The maximum atomic E-state index is 14.3. The summed E-state index contributed by atoms with van der Waals surface area (Å²) in [6.45, 7) is 1.84. The first-order valence-electron chi connectivity index (χ1n) is 12.2. The number of halogens is 1. The lowest BCUT2D eigenvalue weighted by Gasteiger charge is -2.24. The van der Waals surface area contributed by atoms with E-state index in [1.807, 2.05) is 43.3 Å². The summed E-state index contributed by atoms with van der Waals surface area (Å²) in [6.07, 6.45) is 5.90. The van der Waals surface area contributed by atoms with Crippen molar-refractivity contribution in [3.63, 3.8) is 0 Å². The summed E-state index contributed by atoms with van der Waals surface area (Å²) in [7, 11) is 0. The smallest absolute Gasteiger partial charge is 0.263 e. The van der Waals surface area contributed by atoms with Gasteiger partial charge in [0.2, 0.25) is 5.82 Å². The van der Waals surface area contributed by atoms with Gasteiger partial charge in [0.25, 0.3) is 5.56 Å². The topological polar surface area (TPSA) is 142 Å². The van der Waals surface area contributed by atoms with Crippen LogP contribution in [0.5, 0.6) is 0 Å². The summed E-state index contributed by atoms with van der Waals surface area (Å²) in [5.41, 5.74) is 2.08. The summed E-state index contributed by atoms with van der Waals surface area (Å²) in [4.78, 5) is 46.6. The van der Waals surface area contributed by atoms with Crippen LogP contribution in [-0.4, -0.2) is 29.5 Å². The molecule has 0 aliphatic carbocycles. The molecule has 0 fully saturated rings. The van der Waals surface area contributed by atoms with Crippen molar-refractivity contribution >= 4 is 39.2 Å². The third-order valence-electron chi connectivity index (χ3n) is 6.57. The molecular weight excluding hydrogens is 528 g/mol. The Bertz CT molecular complexity index is 2060. The SMILES string of the molecule is CC(Nc1ncnc2[nH]ccc(=O)c12)c1c(Cl)c2cccc(-c3cnc(C#N)nc3)c2c(=O)n1-c1ccccc1. The molecule has 1 unspecified atom stereocenters. The summed E-state index contributed by atoms with van der Waals surface area (Å²) in [5.74, 6) is 0.341. The fraction of sp³-hybridized carbons (Fsp3) is 0.0690. The number of hydrogen-bond acceptors (Lipinski definition) is 8. The summed E-state index contributed by atoms with van der Waals surface area (Å²) >= 11 is 7.11. The highest BCUT2D eigenvalue weighted by Gasteiger charge is 2.24. The highest BCUT2D eigenvalue weighted by molar-refractivity contribution is 6.36. The van der Waals surface area contributed by atoms with E-state index < -0.39 is 6.04 Å². The number of fused-ring (bicyclic) bond motifs is 2. The van der Waals surface area contributed by atoms with Crippen LogP contribution in [0.1, 0.15) is 24.5 Å². The van der Waals surface area contributed by atoms with E-state index in [-0.39, 0.29) is 16.8 Å². The number of aromatic amines is 1. The second-order valence-electron chi connectivity index (χ2n) is 8.96. The number of hydrogen-bond donors (Lipinski definition) is 2. The quantitative estimate of drug-likeness (QED) is 0.314. The molecule has 0 saturated carbocycles. The van der Waals surface area contributed by atoms with Gasteiger partial charge in [0.1, 0.15) is 29.2 Å². The monoisotopic (exact) mass is 546 g/mol. The van der Waals surface area contributed by atoms with Crippen LogP contribution in [0.3, 0.4) is 0 Å². The predicted molar refractivity (Wildman–Crippen MR) is 152 cm³/mol. The summed E-state index contributed by atoms with van der Waals surface area (Å²) < 4.78 is 1.56. The number of anilines is 1. The van der Waals surface area contributed by atoms with Gasteiger partial charge in [0, 0.05) is 41.3 Å². The van der Waals surface area contributed by atoms with E-state index in [4.69, 9.17) is 16.9 Å². The van der Waals surface area contributed by atoms with Crippen LogP contribution in [0.2, 0.25) is 5.02 Å². The number of rotatable bonds is 5. The van der Waals surface area contributed by atoms with E-state index in [0.29, 0.717) is 55.2 Å². The predicted octanol–water partition coefficient (Wildman–Crippen LogP) is 4.78. The molecule has 194 valence electrons. The Labute approximate surface area is 231 Å². The Balaban J connectivity index is 1.61. The highest BCUT2D eigenvalue weighted by Crippen LogP contribution is 2.36. The molecule has 0 saturated heterocycles. The maximum Gasteiger partial charge on any atom is 0.263 e. The minimum absolute atomic E-state index is 0.0296. The largest absolute Gasteiger partial charge is 0.361 e. The Kier molecular flexibility index (Phi) is 6.26. The fourth-order valence-corrected chi connectivity index (χ4v) is 5.20. The maximum absolute atomic E-state index is 14.3. The molecule has 6 aromatic rings. The van der Waals surface area contributed by atoms with Crippen LogP contribution in [0.25, 0.3) is 38.6 Å². The number of para-hydroxylation sites is 1. The zero-order valence-corrected chi connectivity index (χ0v) is 21.7.